The van der Waals surface area contributed by atoms with Crippen molar-refractivity contribution in [2.45, 2.75) is 6.92 Å². The molecule has 0 atom stereocenters. The van der Waals surface area contributed by atoms with Gasteiger partial charge in [0.2, 0.25) is 0 Å². The van der Waals surface area contributed by atoms with E-state index in [2.05, 4.69) is 10.6 Å². The third kappa shape index (κ3) is 4.19. The molecular formula is C18H13N3O7S. The molecule has 1 fully saturated rings. The molecule has 0 spiro atoms. The zero-order chi connectivity index (χ0) is 21.1. The first-order valence-corrected chi connectivity index (χ1v) is 8.65. The van der Waals surface area contributed by atoms with Crippen LogP contribution in [-0.4, -0.2) is 34.4 Å². The molecule has 0 radical (unpaired) electrons. The van der Waals surface area contributed by atoms with Gasteiger partial charge in [-0.25, -0.2) is 4.79 Å². The number of carbonyl (C=O) groups is 3. The molecule has 2 N–H and O–H groups in total. The minimum Gasteiger partial charge on any atom is -0.462 e. The van der Waals surface area contributed by atoms with E-state index in [-0.39, 0.29) is 45.6 Å². The summed E-state index contributed by atoms with van der Waals surface area (Å²) in [6.07, 6.45) is 1.19. The van der Waals surface area contributed by atoms with Crippen molar-refractivity contribution in [2.75, 3.05) is 6.61 Å². The quantitative estimate of drug-likeness (QED) is 0.188. The number of hydrogen-bond acceptors (Lipinski definition) is 8. The predicted octanol–water partition coefficient (Wildman–Crippen LogP) is 1.95. The second-order valence-corrected chi connectivity index (χ2v) is 6.12. The van der Waals surface area contributed by atoms with E-state index in [9.17, 15) is 24.5 Å². The first-order chi connectivity index (χ1) is 13.8. The third-order valence-electron chi connectivity index (χ3n) is 3.83. The van der Waals surface area contributed by atoms with Gasteiger partial charge in [0.15, 0.2) is 5.11 Å². The van der Waals surface area contributed by atoms with Crippen molar-refractivity contribution in [3.63, 3.8) is 0 Å². The summed E-state index contributed by atoms with van der Waals surface area (Å²) < 4.78 is 10.4. The Morgan fingerprint density at radius 1 is 1.24 bits per heavy atom. The maximum atomic E-state index is 11.9. The molecule has 2 aromatic rings. The van der Waals surface area contributed by atoms with Crippen molar-refractivity contribution in [3.05, 3.63) is 57.3 Å². The smallest absolute Gasteiger partial charge is 0.338 e. The molecule has 2 heterocycles. The van der Waals surface area contributed by atoms with Crippen molar-refractivity contribution in [1.29, 1.82) is 0 Å². The highest BCUT2D eigenvalue weighted by Gasteiger charge is 2.26. The van der Waals surface area contributed by atoms with Gasteiger partial charge in [0, 0.05) is 6.07 Å². The number of esters is 1. The van der Waals surface area contributed by atoms with Crippen LogP contribution in [0.25, 0.3) is 17.4 Å². The van der Waals surface area contributed by atoms with Crippen LogP contribution in [0.2, 0.25) is 0 Å². The Labute approximate surface area is 168 Å². The summed E-state index contributed by atoms with van der Waals surface area (Å²) in [5.74, 6) is -1.83. The number of nitrogens with one attached hydrogen (secondary N) is 2. The lowest BCUT2D eigenvalue weighted by Crippen LogP contribution is -2.51. The number of thiocarbonyl (C=S) groups is 1. The van der Waals surface area contributed by atoms with E-state index < -0.39 is 22.7 Å². The Hall–Kier alpha value is -3.86. The van der Waals surface area contributed by atoms with Gasteiger partial charge < -0.3 is 9.15 Å². The van der Waals surface area contributed by atoms with E-state index in [0.717, 1.165) is 6.07 Å². The summed E-state index contributed by atoms with van der Waals surface area (Å²) in [6, 6.07) is 6.72. The molecule has 1 aromatic heterocycles. The lowest BCUT2D eigenvalue weighted by atomic mass is 10.1. The first kappa shape index (κ1) is 19.9. The van der Waals surface area contributed by atoms with E-state index in [1.807, 2.05) is 0 Å². The SMILES string of the molecule is CCOC(=O)c1ccc(-c2ccc(C=C3C(=O)NC(=S)NC3=O)o2)c([N+](=O)[O-])c1. The highest BCUT2D eigenvalue weighted by atomic mass is 32.1. The summed E-state index contributed by atoms with van der Waals surface area (Å²) in [4.78, 5) is 46.4. The van der Waals surface area contributed by atoms with Gasteiger partial charge in [-0.3, -0.25) is 30.3 Å². The molecule has 10 nitrogen and oxygen atoms in total. The van der Waals surface area contributed by atoms with Crippen molar-refractivity contribution in [2.24, 2.45) is 0 Å². The highest BCUT2D eigenvalue weighted by Crippen LogP contribution is 2.33. The largest absolute Gasteiger partial charge is 0.462 e. The molecule has 148 valence electrons. The van der Waals surface area contributed by atoms with Crippen LogP contribution >= 0.6 is 12.2 Å². The molecule has 0 unspecified atom stereocenters. The lowest BCUT2D eigenvalue weighted by molar-refractivity contribution is -0.384. The fourth-order valence-corrected chi connectivity index (χ4v) is 2.74. The molecule has 0 bridgehead atoms. The van der Waals surface area contributed by atoms with Crippen LogP contribution in [0.4, 0.5) is 5.69 Å². The van der Waals surface area contributed by atoms with Gasteiger partial charge in [0.25, 0.3) is 17.5 Å². The number of ether oxygens (including phenoxy) is 1. The van der Waals surface area contributed by atoms with Crippen LogP contribution < -0.4 is 10.6 Å². The van der Waals surface area contributed by atoms with E-state index in [1.165, 1.54) is 30.3 Å². The van der Waals surface area contributed by atoms with E-state index in [1.54, 1.807) is 6.92 Å². The molecule has 11 heteroatoms. The number of benzene rings is 1. The summed E-state index contributed by atoms with van der Waals surface area (Å²) in [5.41, 5.74) is -0.441. The van der Waals surface area contributed by atoms with E-state index in [4.69, 9.17) is 21.4 Å². The van der Waals surface area contributed by atoms with Crippen molar-refractivity contribution in [3.8, 4) is 11.3 Å². The molecule has 1 saturated heterocycles. The Bertz CT molecular complexity index is 1060. The van der Waals surface area contributed by atoms with Crippen LogP contribution in [0.15, 0.2) is 40.3 Å². The topological polar surface area (TPSA) is 141 Å². The minimum absolute atomic E-state index is 0.0303. The van der Waals surface area contributed by atoms with Crippen LogP contribution in [0.3, 0.4) is 0 Å². The Balaban J connectivity index is 1.96. The van der Waals surface area contributed by atoms with Crippen molar-refractivity contribution >= 4 is 46.9 Å². The number of nitro groups is 1. The zero-order valence-corrected chi connectivity index (χ0v) is 15.7. The second kappa shape index (κ2) is 8.02. The average Bonchev–Trinajstić information content (AvgIpc) is 3.13. The first-order valence-electron chi connectivity index (χ1n) is 8.24. The molecule has 1 aromatic carbocycles. The third-order valence-corrected chi connectivity index (χ3v) is 4.03. The maximum absolute atomic E-state index is 11.9. The van der Waals surface area contributed by atoms with Gasteiger partial charge >= 0.3 is 5.97 Å². The highest BCUT2D eigenvalue weighted by molar-refractivity contribution is 7.80. The Morgan fingerprint density at radius 2 is 1.93 bits per heavy atom. The van der Waals surface area contributed by atoms with Crippen LogP contribution in [0.1, 0.15) is 23.0 Å². The van der Waals surface area contributed by atoms with Crippen molar-refractivity contribution < 1.29 is 28.5 Å². The number of furan rings is 1. The van der Waals surface area contributed by atoms with Gasteiger partial charge in [-0.1, -0.05) is 0 Å². The van der Waals surface area contributed by atoms with Crippen molar-refractivity contribution in [1.82, 2.24) is 10.6 Å². The fourth-order valence-electron chi connectivity index (χ4n) is 2.56. The standard InChI is InChI=1S/C18H13N3O7S/c1-2-27-17(24)9-3-5-11(13(7-9)21(25)26)14-6-4-10(28-14)8-12-15(22)19-18(29)20-16(12)23/h3-8H,2H2,1H3,(H2,19,20,22,23,29). The number of carbonyl (C=O) groups excluding carboxylic acids is 3. The lowest BCUT2D eigenvalue weighted by Gasteiger charge is -2.15. The van der Waals surface area contributed by atoms with Gasteiger partial charge in [-0.2, -0.15) is 0 Å². The maximum Gasteiger partial charge on any atom is 0.338 e. The molecule has 1 aliphatic heterocycles. The Kier molecular flexibility index (Phi) is 5.50. The average molecular weight is 415 g/mol. The number of amides is 2. The zero-order valence-electron chi connectivity index (χ0n) is 14.9. The fraction of sp³-hybridized carbons (Fsp3) is 0.111. The monoisotopic (exact) mass is 415 g/mol. The van der Waals surface area contributed by atoms with Gasteiger partial charge in [-0.15, -0.1) is 0 Å². The van der Waals surface area contributed by atoms with Gasteiger partial charge in [0.1, 0.15) is 17.1 Å². The van der Waals surface area contributed by atoms with E-state index >= 15 is 0 Å². The van der Waals surface area contributed by atoms with Gasteiger partial charge in [0.05, 0.1) is 22.7 Å². The number of hydrogen-bond donors (Lipinski definition) is 2. The molecule has 2 amide bonds. The molecule has 0 aliphatic carbocycles. The molecule has 29 heavy (non-hydrogen) atoms. The molecule has 1 aliphatic rings. The molecule has 3 rings (SSSR count). The molecular weight excluding hydrogens is 402 g/mol. The summed E-state index contributed by atoms with van der Waals surface area (Å²) >= 11 is 4.72. The second-order valence-electron chi connectivity index (χ2n) is 5.71. The molecule has 0 saturated carbocycles. The number of rotatable bonds is 5. The summed E-state index contributed by atoms with van der Waals surface area (Å²) in [6.45, 7) is 1.76. The van der Waals surface area contributed by atoms with E-state index in [0.29, 0.717) is 0 Å². The number of nitro benzene ring substituents is 1. The van der Waals surface area contributed by atoms with Gasteiger partial charge in [-0.05, 0) is 49.5 Å². The van der Waals surface area contributed by atoms with Crippen LogP contribution in [0, 0.1) is 10.1 Å². The summed E-state index contributed by atoms with van der Waals surface area (Å²) in [5, 5.41) is 15.9. The summed E-state index contributed by atoms with van der Waals surface area (Å²) in [7, 11) is 0. The minimum atomic E-state index is -0.693. The predicted molar refractivity (Wildman–Crippen MR) is 104 cm³/mol. The van der Waals surface area contributed by atoms with Crippen LogP contribution in [-0.2, 0) is 14.3 Å². The normalized spacial score (nSPS) is 13.6. The Morgan fingerprint density at radius 3 is 2.55 bits per heavy atom. The number of nitrogens with zero attached hydrogens (tertiary/aromatic N) is 1. The van der Waals surface area contributed by atoms with Crippen LogP contribution in [0.5, 0.6) is 0 Å².